The van der Waals surface area contributed by atoms with Gasteiger partial charge in [0.2, 0.25) is 6.29 Å². The van der Waals surface area contributed by atoms with Crippen LogP contribution in [0.3, 0.4) is 0 Å². The standard InChI is InChI=1S/C7H9Br2O/c8-6-3-1-2-4-7(6,9)5-10/h6H,1-4H2. The van der Waals surface area contributed by atoms with Crippen LogP contribution in [0.4, 0.5) is 0 Å². The summed E-state index contributed by atoms with van der Waals surface area (Å²) >= 11 is 6.85. The van der Waals surface area contributed by atoms with Crippen LogP contribution in [-0.4, -0.2) is 15.4 Å². The lowest BCUT2D eigenvalue weighted by atomic mass is 9.90. The molecule has 57 valence electrons. The Kier molecular flexibility index (Phi) is 2.92. The van der Waals surface area contributed by atoms with Gasteiger partial charge >= 0.3 is 0 Å². The quantitative estimate of drug-likeness (QED) is 0.668. The Labute approximate surface area is 77.8 Å². The molecule has 1 saturated carbocycles. The summed E-state index contributed by atoms with van der Waals surface area (Å²) in [7, 11) is 0. The molecule has 0 aromatic carbocycles. The minimum Gasteiger partial charge on any atom is -0.289 e. The molecule has 10 heavy (non-hydrogen) atoms. The minimum absolute atomic E-state index is 0.270. The Hall–Kier alpha value is 0.630. The third kappa shape index (κ3) is 1.62. The van der Waals surface area contributed by atoms with Crippen LogP contribution in [0.15, 0.2) is 0 Å². The second-order valence-corrected chi connectivity index (χ2v) is 5.20. The second kappa shape index (κ2) is 3.35. The van der Waals surface area contributed by atoms with Crippen LogP contribution in [0.1, 0.15) is 25.7 Å². The van der Waals surface area contributed by atoms with Gasteiger partial charge < -0.3 is 0 Å². The van der Waals surface area contributed by atoms with Crippen LogP contribution in [0, 0.1) is 0 Å². The lowest BCUT2D eigenvalue weighted by Crippen LogP contribution is -2.36. The van der Waals surface area contributed by atoms with E-state index in [0.717, 1.165) is 19.3 Å². The first-order valence-corrected chi connectivity index (χ1v) is 5.12. The number of carbonyl (C=O) groups excluding carboxylic acids is 1. The third-order valence-corrected chi connectivity index (χ3v) is 4.88. The normalized spacial score (nSPS) is 41.2. The number of alkyl halides is 2. The first kappa shape index (κ1) is 8.72. The van der Waals surface area contributed by atoms with Gasteiger partial charge in [0.05, 0.1) is 0 Å². The third-order valence-electron chi connectivity index (χ3n) is 1.91. The number of hydrogen-bond donors (Lipinski definition) is 0. The zero-order valence-corrected chi connectivity index (χ0v) is 8.74. The van der Waals surface area contributed by atoms with Gasteiger partial charge in [0.15, 0.2) is 0 Å². The second-order valence-electron chi connectivity index (χ2n) is 2.68. The van der Waals surface area contributed by atoms with Crippen molar-refractivity contribution in [2.24, 2.45) is 0 Å². The molecule has 0 saturated heterocycles. The molecular formula is C7H9Br2O. The fourth-order valence-electron chi connectivity index (χ4n) is 1.21. The Balaban J connectivity index is 2.62. The van der Waals surface area contributed by atoms with Crippen LogP contribution in [0.2, 0.25) is 0 Å². The van der Waals surface area contributed by atoms with E-state index >= 15 is 0 Å². The molecule has 0 amide bonds. The van der Waals surface area contributed by atoms with Crippen LogP contribution < -0.4 is 0 Å². The summed E-state index contributed by atoms with van der Waals surface area (Å²) in [6.45, 7) is 0. The van der Waals surface area contributed by atoms with Crippen molar-refractivity contribution in [1.82, 2.24) is 0 Å². The molecule has 0 spiro atoms. The molecule has 0 aromatic heterocycles. The zero-order valence-electron chi connectivity index (χ0n) is 5.57. The zero-order chi connectivity index (χ0) is 7.61. The van der Waals surface area contributed by atoms with Crippen LogP contribution >= 0.6 is 31.9 Å². The maximum atomic E-state index is 10.5. The lowest BCUT2D eigenvalue weighted by Gasteiger charge is -2.30. The fraction of sp³-hybridized carbons (Fsp3) is 0.857. The molecule has 0 heterocycles. The lowest BCUT2D eigenvalue weighted by molar-refractivity contribution is 0.460. The van der Waals surface area contributed by atoms with Crippen LogP contribution in [0.5, 0.6) is 0 Å². The minimum atomic E-state index is -0.398. The molecule has 0 aromatic rings. The van der Waals surface area contributed by atoms with Crippen molar-refractivity contribution < 1.29 is 4.79 Å². The summed E-state index contributed by atoms with van der Waals surface area (Å²) < 4.78 is -0.398. The van der Waals surface area contributed by atoms with Crippen molar-refractivity contribution in [3.05, 3.63) is 0 Å². The Bertz CT molecular complexity index is 138. The topological polar surface area (TPSA) is 17.1 Å². The van der Waals surface area contributed by atoms with Crippen molar-refractivity contribution >= 4 is 38.1 Å². The molecule has 2 atom stereocenters. The largest absolute Gasteiger partial charge is 0.289 e. The van der Waals surface area contributed by atoms with Gasteiger partial charge in [-0.3, -0.25) is 4.79 Å². The van der Waals surface area contributed by atoms with E-state index in [1.165, 1.54) is 6.42 Å². The summed E-state index contributed by atoms with van der Waals surface area (Å²) in [5.74, 6) is 0. The van der Waals surface area contributed by atoms with E-state index in [4.69, 9.17) is 0 Å². The van der Waals surface area contributed by atoms with E-state index in [1.807, 2.05) is 6.29 Å². The van der Waals surface area contributed by atoms with Gasteiger partial charge in [-0.1, -0.05) is 44.7 Å². The summed E-state index contributed by atoms with van der Waals surface area (Å²) in [4.78, 5) is 10.8. The summed E-state index contributed by atoms with van der Waals surface area (Å²) in [6, 6.07) is 0. The maximum absolute atomic E-state index is 10.5. The average molecular weight is 269 g/mol. The van der Waals surface area contributed by atoms with Crippen molar-refractivity contribution in [3.63, 3.8) is 0 Å². The van der Waals surface area contributed by atoms with E-state index in [9.17, 15) is 4.79 Å². The predicted molar refractivity (Wildman–Crippen MR) is 48.5 cm³/mol. The Morgan fingerprint density at radius 2 is 2.20 bits per heavy atom. The molecule has 1 radical (unpaired) electrons. The van der Waals surface area contributed by atoms with Gasteiger partial charge in [-0.15, -0.1) is 0 Å². The predicted octanol–water partition coefficient (Wildman–Crippen LogP) is 2.57. The van der Waals surface area contributed by atoms with Crippen molar-refractivity contribution in [2.75, 3.05) is 0 Å². The van der Waals surface area contributed by atoms with E-state index < -0.39 is 4.32 Å². The van der Waals surface area contributed by atoms with Gasteiger partial charge in [0, 0.05) is 4.83 Å². The Morgan fingerprint density at radius 1 is 1.50 bits per heavy atom. The molecule has 2 unspecified atom stereocenters. The molecule has 1 rings (SSSR count). The van der Waals surface area contributed by atoms with Crippen LogP contribution in [-0.2, 0) is 4.79 Å². The Morgan fingerprint density at radius 3 is 2.60 bits per heavy atom. The highest BCUT2D eigenvalue weighted by Gasteiger charge is 2.37. The van der Waals surface area contributed by atoms with Crippen molar-refractivity contribution in [1.29, 1.82) is 0 Å². The van der Waals surface area contributed by atoms with Gasteiger partial charge in [-0.25, -0.2) is 0 Å². The molecule has 1 nitrogen and oxygen atoms in total. The van der Waals surface area contributed by atoms with E-state index in [0.29, 0.717) is 0 Å². The first-order valence-electron chi connectivity index (χ1n) is 3.41. The smallest absolute Gasteiger partial charge is 0.217 e. The molecule has 1 aliphatic carbocycles. The highest BCUT2D eigenvalue weighted by atomic mass is 79.9. The van der Waals surface area contributed by atoms with Gasteiger partial charge in [0.25, 0.3) is 0 Å². The SMILES string of the molecule is O=[C]C1(Br)CCCCC1Br. The van der Waals surface area contributed by atoms with E-state index in [2.05, 4.69) is 31.9 Å². The number of rotatable bonds is 1. The maximum Gasteiger partial charge on any atom is 0.217 e. The monoisotopic (exact) mass is 267 g/mol. The number of hydrogen-bond acceptors (Lipinski definition) is 1. The average Bonchev–Trinajstić information content (AvgIpc) is 1.96. The highest BCUT2D eigenvalue weighted by molar-refractivity contribution is 9.12. The van der Waals surface area contributed by atoms with Crippen molar-refractivity contribution in [2.45, 2.75) is 34.8 Å². The summed E-state index contributed by atoms with van der Waals surface area (Å²) in [6.07, 6.45) is 6.37. The summed E-state index contributed by atoms with van der Waals surface area (Å²) in [5, 5.41) is 0. The first-order chi connectivity index (χ1) is 4.69. The van der Waals surface area contributed by atoms with E-state index in [-0.39, 0.29) is 4.83 Å². The van der Waals surface area contributed by atoms with Crippen LogP contribution in [0.25, 0.3) is 0 Å². The molecule has 1 aliphatic rings. The highest BCUT2D eigenvalue weighted by Crippen LogP contribution is 2.38. The molecule has 0 aliphatic heterocycles. The van der Waals surface area contributed by atoms with Gasteiger partial charge in [0.1, 0.15) is 4.32 Å². The van der Waals surface area contributed by atoms with Gasteiger partial charge in [-0.2, -0.15) is 0 Å². The molecule has 0 N–H and O–H groups in total. The molecule has 1 fully saturated rings. The molecule has 3 heteroatoms. The molecular weight excluding hydrogens is 260 g/mol. The number of halogens is 2. The summed E-state index contributed by atoms with van der Waals surface area (Å²) in [5.41, 5.74) is 0. The van der Waals surface area contributed by atoms with E-state index in [1.54, 1.807) is 0 Å². The van der Waals surface area contributed by atoms with Crippen molar-refractivity contribution in [3.8, 4) is 0 Å². The molecule has 0 bridgehead atoms. The fourth-order valence-corrected chi connectivity index (χ4v) is 2.36. The van der Waals surface area contributed by atoms with Gasteiger partial charge in [-0.05, 0) is 12.8 Å².